The first-order chi connectivity index (χ1) is 15.0. The number of carbonyl (C=O) groups is 2. The molecule has 1 atom stereocenters. The average molecular weight is 423 g/mol. The maximum atomic E-state index is 12.6. The Morgan fingerprint density at radius 2 is 1.65 bits per heavy atom. The molecule has 0 unspecified atom stereocenters. The monoisotopic (exact) mass is 423 g/mol. The first-order valence-electron chi connectivity index (χ1n) is 10.0. The average Bonchev–Trinajstić information content (AvgIpc) is 3.17. The number of nitrogens with zero attached hydrogens (tertiary/aromatic N) is 1. The zero-order chi connectivity index (χ0) is 22.1. The van der Waals surface area contributed by atoms with Crippen LogP contribution in [0, 0.1) is 0 Å². The molecule has 0 N–H and O–H groups in total. The van der Waals surface area contributed by atoms with Gasteiger partial charge in [-0.25, -0.2) is 4.79 Å². The number of fused-ring (bicyclic) bond motifs is 3. The maximum Gasteiger partial charge on any atom is 0.328 e. The highest BCUT2D eigenvalue weighted by atomic mass is 16.5. The molecule has 0 aromatic heterocycles. The first-order valence-corrected chi connectivity index (χ1v) is 10.0. The molecule has 7 heteroatoms. The minimum absolute atomic E-state index is 0.0566. The van der Waals surface area contributed by atoms with Gasteiger partial charge in [0.15, 0.2) is 11.5 Å². The lowest BCUT2D eigenvalue weighted by atomic mass is 9.96. The Kier molecular flexibility index (Phi) is 5.59. The number of esters is 1. The van der Waals surface area contributed by atoms with Crippen LogP contribution in [-0.2, 0) is 20.9 Å². The lowest BCUT2D eigenvalue weighted by molar-refractivity contribution is -0.149. The Bertz CT molecular complexity index is 1170. The van der Waals surface area contributed by atoms with Gasteiger partial charge >= 0.3 is 5.97 Å². The van der Waals surface area contributed by atoms with Crippen molar-refractivity contribution in [1.29, 1.82) is 0 Å². The fourth-order valence-electron chi connectivity index (χ4n) is 4.28. The Labute approximate surface area is 180 Å². The molecular weight excluding hydrogens is 398 g/mol. The summed E-state index contributed by atoms with van der Waals surface area (Å²) in [7, 11) is 6.16. The number of likely N-dealkylation sites (tertiary alicyclic amines) is 1. The van der Waals surface area contributed by atoms with E-state index in [0.29, 0.717) is 30.9 Å². The summed E-state index contributed by atoms with van der Waals surface area (Å²) in [5.41, 5.74) is 0.915. The fraction of sp³-hybridized carbons (Fsp3) is 0.333. The number of ether oxygens (including phenoxy) is 4. The molecule has 7 nitrogen and oxygen atoms in total. The Morgan fingerprint density at radius 3 is 2.29 bits per heavy atom. The highest BCUT2D eigenvalue weighted by Gasteiger charge is 2.37. The van der Waals surface area contributed by atoms with Crippen LogP contribution in [0.2, 0.25) is 0 Å². The molecule has 0 bridgehead atoms. The summed E-state index contributed by atoms with van der Waals surface area (Å²) in [6.45, 7) is 0.298. The van der Waals surface area contributed by atoms with Gasteiger partial charge in [-0.1, -0.05) is 6.07 Å². The van der Waals surface area contributed by atoms with Gasteiger partial charge in [-0.3, -0.25) is 4.79 Å². The first kappa shape index (κ1) is 20.8. The van der Waals surface area contributed by atoms with Crippen LogP contribution in [0.1, 0.15) is 18.4 Å². The molecule has 4 rings (SSSR count). The van der Waals surface area contributed by atoms with Crippen molar-refractivity contribution < 1.29 is 28.5 Å². The second-order valence-corrected chi connectivity index (χ2v) is 7.47. The largest absolute Gasteiger partial charge is 0.497 e. The highest BCUT2D eigenvalue weighted by Crippen LogP contribution is 2.39. The van der Waals surface area contributed by atoms with Crippen LogP contribution in [0.4, 0.5) is 0 Å². The molecule has 0 aliphatic carbocycles. The van der Waals surface area contributed by atoms with E-state index in [1.54, 1.807) is 26.2 Å². The van der Waals surface area contributed by atoms with Crippen molar-refractivity contribution in [2.24, 2.45) is 0 Å². The molecule has 1 aliphatic heterocycles. The predicted octanol–water partition coefficient (Wildman–Crippen LogP) is 3.68. The molecule has 1 fully saturated rings. The Balaban J connectivity index is 1.93. The third kappa shape index (κ3) is 3.60. The number of benzene rings is 3. The molecule has 1 aliphatic rings. The van der Waals surface area contributed by atoms with Gasteiger partial charge in [-0.15, -0.1) is 0 Å². The lowest BCUT2D eigenvalue weighted by Crippen LogP contribution is -2.38. The van der Waals surface area contributed by atoms with Gasteiger partial charge in [0, 0.05) is 13.0 Å². The number of hydrogen-bond acceptors (Lipinski definition) is 6. The summed E-state index contributed by atoms with van der Waals surface area (Å²) < 4.78 is 21.4. The van der Waals surface area contributed by atoms with Crippen molar-refractivity contribution >= 4 is 33.4 Å². The molecule has 1 heterocycles. The van der Waals surface area contributed by atoms with Gasteiger partial charge < -0.3 is 23.8 Å². The van der Waals surface area contributed by atoms with E-state index in [-0.39, 0.29) is 11.9 Å². The van der Waals surface area contributed by atoms with Gasteiger partial charge in [-0.05, 0) is 63.9 Å². The number of methoxy groups -OCH3 is 4. The second kappa shape index (κ2) is 8.34. The summed E-state index contributed by atoms with van der Waals surface area (Å²) in [5.74, 6) is 1.51. The minimum Gasteiger partial charge on any atom is -0.497 e. The van der Waals surface area contributed by atoms with Crippen LogP contribution in [0.15, 0.2) is 36.4 Å². The van der Waals surface area contributed by atoms with E-state index in [2.05, 4.69) is 0 Å². The molecule has 3 aromatic carbocycles. The van der Waals surface area contributed by atoms with Crippen molar-refractivity contribution in [2.75, 3.05) is 28.4 Å². The molecule has 162 valence electrons. The maximum absolute atomic E-state index is 12.6. The molecule has 0 radical (unpaired) electrons. The van der Waals surface area contributed by atoms with E-state index >= 15 is 0 Å². The van der Waals surface area contributed by atoms with E-state index in [9.17, 15) is 9.59 Å². The smallest absolute Gasteiger partial charge is 0.328 e. The Morgan fingerprint density at radius 1 is 0.935 bits per heavy atom. The van der Waals surface area contributed by atoms with Crippen molar-refractivity contribution in [2.45, 2.75) is 25.4 Å². The summed E-state index contributed by atoms with van der Waals surface area (Å²) in [4.78, 5) is 26.4. The molecule has 1 amide bonds. The summed E-state index contributed by atoms with van der Waals surface area (Å²) in [6.07, 6.45) is 0.797. The molecule has 1 saturated heterocycles. The number of rotatable bonds is 6. The molecule has 0 saturated carbocycles. The Hall–Kier alpha value is -3.48. The highest BCUT2D eigenvalue weighted by molar-refractivity contribution is 6.10. The number of carbonyl (C=O) groups excluding carboxylic acids is 2. The van der Waals surface area contributed by atoms with Crippen LogP contribution in [0.25, 0.3) is 21.5 Å². The summed E-state index contributed by atoms with van der Waals surface area (Å²) >= 11 is 0. The van der Waals surface area contributed by atoms with Crippen molar-refractivity contribution in [3.8, 4) is 17.2 Å². The van der Waals surface area contributed by atoms with Crippen molar-refractivity contribution in [3.63, 3.8) is 0 Å². The third-order valence-electron chi connectivity index (χ3n) is 5.89. The molecule has 3 aromatic rings. The quantitative estimate of drug-likeness (QED) is 0.445. The van der Waals surface area contributed by atoms with Crippen LogP contribution in [0.3, 0.4) is 0 Å². The van der Waals surface area contributed by atoms with E-state index in [1.165, 1.54) is 7.11 Å². The van der Waals surface area contributed by atoms with Gasteiger partial charge in [-0.2, -0.15) is 0 Å². The van der Waals surface area contributed by atoms with Gasteiger partial charge in [0.2, 0.25) is 5.91 Å². The van der Waals surface area contributed by atoms with Gasteiger partial charge in [0.25, 0.3) is 0 Å². The zero-order valence-electron chi connectivity index (χ0n) is 18.1. The lowest BCUT2D eigenvalue weighted by Gasteiger charge is -2.24. The van der Waals surface area contributed by atoms with Crippen LogP contribution in [0.5, 0.6) is 17.2 Å². The predicted molar refractivity (Wildman–Crippen MR) is 117 cm³/mol. The van der Waals surface area contributed by atoms with E-state index in [0.717, 1.165) is 32.9 Å². The third-order valence-corrected chi connectivity index (χ3v) is 5.89. The standard InChI is InChI=1S/C24H25NO6/c1-28-16-6-5-14-9-15(13-25-20(24(27)31-4)7-8-23(25)26)18-11-21(29-2)22(30-3)12-19(18)17(14)10-16/h5-6,9-12,20H,7-8,13H2,1-4H3/t20-/m0/s1. The van der Waals surface area contributed by atoms with Crippen molar-refractivity contribution in [3.05, 3.63) is 42.0 Å². The summed E-state index contributed by atoms with van der Waals surface area (Å²) in [5, 5.41) is 3.86. The van der Waals surface area contributed by atoms with E-state index < -0.39 is 6.04 Å². The van der Waals surface area contributed by atoms with E-state index in [4.69, 9.17) is 18.9 Å². The zero-order valence-corrected chi connectivity index (χ0v) is 18.1. The molecular formula is C24H25NO6. The van der Waals surface area contributed by atoms with Gasteiger partial charge in [0.1, 0.15) is 11.8 Å². The van der Waals surface area contributed by atoms with Crippen LogP contribution < -0.4 is 14.2 Å². The van der Waals surface area contributed by atoms with E-state index in [1.807, 2.05) is 36.4 Å². The molecule has 0 spiro atoms. The topological polar surface area (TPSA) is 74.3 Å². The van der Waals surface area contributed by atoms with Crippen molar-refractivity contribution in [1.82, 2.24) is 4.90 Å². The second-order valence-electron chi connectivity index (χ2n) is 7.47. The minimum atomic E-state index is -0.570. The number of amides is 1. The fourth-order valence-corrected chi connectivity index (χ4v) is 4.28. The van der Waals surface area contributed by atoms with Gasteiger partial charge in [0.05, 0.1) is 28.4 Å². The number of hydrogen-bond donors (Lipinski definition) is 0. The normalized spacial score (nSPS) is 16.1. The van der Waals surface area contributed by atoms with Crippen LogP contribution >= 0.6 is 0 Å². The van der Waals surface area contributed by atoms with Crippen LogP contribution in [-0.4, -0.2) is 51.3 Å². The molecule has 31 heavy (non-hydrogen) atoms. The SMILES string of the molecule is COC(=O)[C@@H]1CCC(=O)N1Cc1cc2ccc(OC)cc2c2cc(OC)c(OC)cc12. The summed E-state index contributed by atoms with van der Waals surface area (Å²) in [6, 6.07) is 11.2.